The van der Waals surface area contributed by atoms with Crippen molar-refractivity contribution in [2.75, 3.05) is 17.9 Å². The number of hydrogen-bond donors (Lipinski definition) is 1. The minimum absolute atomic E-state index is 0.358. The van der Waals surface area contributed by atoms with E-state index in [1.165, 1.54) is 0 Å². The van der Waals surface area contributed by atoms with Gasteiger partial charge in [0.1, 0.15) is 11.5 Å². The fourth-order valence-electron chi connectivity index (χ4n) is 1.09. The average Bonchev–Trinajstić information content (AvgIpc) is 2.82. The first-order valence-corrected chi connectivity index (χ1v) is 8.09. The number of esters is 1. The van der Waals surface area contributed by atoms with Crippen molar-refractivity contribution in [2.24, 2.45) is 4.99 Å². The first-order valence-electron chi connectivity index (χ1n) is 5.71. The Kier molecular flexibility index (Phi) is 9.59. The van der Waals surface area contributed by atoms with Crippen molar-refractivity contribution in [3.8, 4) is 0 Å². The fourth-order valence-corrected chi connectivity index (χ4v) is 2.53. The second kappa shape index (κ2) is 10.1. The van der Waals surface area contributed by atoms with Gasteiger partial charge in [0.2, 0.25) is 0 Å². The quantitative estimate of drug-likeness (QED) is 0.372. The van der Waals surface area contributed by atoms with Crippen molar-refractivity contribution in [1.82, 2.24) is 4.98 Å². The summed E-state index contributed by atoms with van der Waals surface area (Å²) < 4.78 is 4.90. The van der Waals surface area contributed by atoms with Crippen LogP contribution in [0.5, 0.6) is 0 Å². The minimum atomic E-state index is -0.358. The summed E-state index contributed by atoms with van der Waals surface area (Å²) in [7, 11) is 0. The highest BCUT2D eigenvalue weighted by Crippen LogP contribution is 2.31. The van der Waals surface area contributed by atoms with Gasteiger partial charge in [0.05, 0.1) is 11.5 Å². The molecule has 0 atom stereocenters. The third-order valence-electron chi connectivity index (χ3n) is 1.75. The van der Waals surface area contributed by atoms with Crippen LogP contribution in [0.15, 0.2) is 16.0 Å². The van der Waals surface area contributed by atoms with Gasteiger partial charge in [0.15, 0.2) is 0 Å². The molecule has 6 heteroatoms. The van der Waals surface area contributed by atoms with Crippen LogP contribution in [0.2, 0.25) is 0 Å². The zero-order chi connectivity index (χ0) is 14.0. The lowest BCUT2D eigenvalue weighted by molar-refractivity contribution is 0.0520. The number of carbonyl (C=O) groups excluding carboxylic acids is 1. The normalized spacial score (nSPS) is 9.33. The Bertz CT molecular complexity index is 378. The Morgan fingerprint density at radius 2 is 2.22 bits per heavy atom. The van der Waals surface area contributed by atoms with Crippen LogP contribution in [0.25, 0.3) is 0 Å². The Balaban J connectivity index is 0.00000137. The number of rotatable bonds is 6. The molecule has 1 heterocycles. The molecular weight excluding hydrogens is 268 g/mol. The van der Waals surface area contributed by atoms with Crippen LogP contribution in [0.4, 0.5) is 5.82 Å². The van der Waals surface area contributed by atoms with Crippen molar-refractivity contribution in [3.63, 3.8) is 0 Å². The number of aromatic nitrogens is 1. The van der Waals surface area contributed by atoms with Crippen molar-refractivity contribution in [1.29, 1.82) is 0 Å². The van der Waals surface area contributed by atoms with Crippen molar-refractivity contribution >= 4 is 42.0 Å². The minimum Gasteiger partial charge on any atom is -0.461 e. The van der Waals surface area contributed by atoms with E-state index in [1.807, 2.05) is 20.1 Å². The van der Waals surface area contributed by atoms with Crippen LogP contribution in [0.1, 0.15) is 31.3 Å². The van der Waals surface area contributed by atoms with Gasteiger partial charge in [-0.1, -0.05) is 13.8 Å². The Hall–Kier alpha value is -0.880. The van der Waals surface area contributed by atoms with E-state index in [9.17, 15) is 4.79 Å². The van der Waals surface area contributed by atoms with Crippen LogP contribution in [0, 0.1) is 0 Å². The van der Waals surface area contributed by atoms with E-state index in [2.05, 4.69) is 16.7 Å². The van der Waals surface area contributed by atoms with Crippen molar-refractivity contribution in [2.45, 2.75) is 25.7 Å². The van der Waals surface area contributed by atoms with Gasteiger partial charge < -0.3 is 9.72 Å². The molecule has 0 aliphatic rings. The molecule has 4 nitrogen and oxygen atoms in total. The highest BCUT2D eigenvalue weighted by atomic mass is 32.2. The number of nitrogens with one attached hydrogen (secondary N) is 1. The predicted octanol–water partition coefficient (Wildman–Crippen LogP) is 3.96. The maximum absolute atomic E-state index is 11.5. The number of carbonyl (C=O) groups is 1. The van der Waals surface area contributed by atoms with E-state index in [0.29, 0.717) is 18.1 Å². The zero-order valence-electron chi connectivity index (χ0n) is 11.3. The molecule has 102 valence electrons. The number of aliphatic imine (C=N–C) groups is 1. The summed E-state index contributed by atoms with van der Waals surface area (Å²) in [5, 5.41) is 0.905. The molecule has 0 saturated heterocycles. The third-order valence-corrected chi connectivity index (χ3v) is 3.78. The van der Waals surface area contributed by atoms with Gasteiger partial charge in [-0.3, -0.25) is 0 Å². The molecule has 1 rings (SSSR count). The summed E-state index contributed by atoms with van der Waals surface area (Å²) in [6, 6.07) is 1.75. The van der Waals surface area contributed by atoms with E-state index in [-0.39, 0.29) is 5.97 Å². The summed E-state index contributed by atoms with van der Waals surface area (Å²) in [6.45, 7) is 9.60. The Labute approximate surface area is 117 Å². The Morgan fingerprint density at radius 1 is 1.56 bits per heavy atom. The van der Waals surface area contributed by atoms with Gasteiger partial charge >= 0.3 is 5.97 Å². The number of hydrogen-bond acceptors (Lipinski definition) is 5. The predicted molar refractivity (Wildman–Crippen MR) is 81.5 cm³/mol. The third kappa shape index (κ3) is 5.18. The zero-order valence-corrected chi connectivity index (χ0v) is 12.9. The fraction of sp³-hybridized carbons (Fsp3) is 0.500. The summed E-state index contributed by atoms with van der Waals surface area (Å²) in [6.07, 6.45) is 2.02. The van der Waals surface area contributed by atoms with Crippen LogP contribution in [-0.4, -0.2) is 35.6 Å². The standard InChI is InChI=1S/C10H14N2O2S2.C2H6/c1-4-14-10(13)7-5-8(16-6-15-3)9(11-2)12-7;1-2/h5,12H,2,4,6H2,1,3H3;1-2H3. The van der Waals surface area contributed by atoms with E-state index < -0.39 is 0 Å². The molecule has 1 aromatic heterocycles. The molecule has 0 amide bonds. The van der Waals surface area contributed by atoms with E-state index in [4.69, 9.17) is 4.74 Å². The van der Waals surface area contributed by atoms with Gasteiger partial charge in [-0.15, -0.1) is 11.8 Å². The number of H-pyrrole nitrogens is 1. The lowest BCUT2D eigenvalue weighted by atomic mass is 10.4. The first-order chi connectivity index (χ1) is 8.72. The molecule has 0 saturated carbocycles. The molecule has 0 spiro atoms. The SMILES string of the molecule is C=Nc1[nH]c(C(=O)OCC)cc1SCSC.CC. The molecular formula is C12H20N2O2S2. The number of ether oxygens (including phenoxy) is 1. The highest BCUT2D eigenvalue weighted by Gasteiger charge is 2.13. The molecule has 1 N–H and O–H groups in total. The molecule has 0 fully saturated rings. The second-order valence-electron chi connectivity index (χ2n) is 2.83. The van der Waals surface area contributed by atoms with Gasteiger partial charge in [0.25, 0.3) is 0 Å². The molecule has 0 aliphatic carbocycles. The van der Waals surface area contributed by atoms with Crippen LogP contribution in [-0.2, 0) is 4.74 Å². The van der Waals surface area contributed by atoms with Gasteiger partial charge in [-0.25, -0.2) is 9.79 Å². The lowest BCUT2D eigenvalue weighted by Gasteiger charge is -1.96. The number of nitrogens with zero attached hydrogens (tertiary/aromatic N) is 1. The number of aromatic amines is 1. The summed E-state index contributed by atoms with van der Waals surface area (Å²) >= 11 is 3.33. The molecule has 0 bridgehead atoms. The van der Waals surface area contributed by atoms with Gasteiger partial charge in [0, 0.05) is 5.08 Å². The molecule has 18 heavy (non-hydrogen) atoms. The first kappa shape index (κ1) is 17.1. The van der Waals surface area contributed by atoms with Gasteiger partial charge in [-0.2, -0.15) is 11.8 Å². The largest absolute Gasteiger partial charge is 0.461 e. The average molecular weight is 288 g/mol. The molecule has 0 unspecified atom stereocenters. The molecule has 1 aromatic rings. The second-order valence-corrected chi connectivity index (χ2v) is 5.07. The van der Waals surface area contributed by atoms with Gasteiger partial charge in [-0.05, 0) is 26.0 Å². The van der Waals surface area contributed by atoms with Crippen molar-refractivity contribution < 1.29 is 9.53 Å². The van der Waals surface area contributed by atoms with E-state index in [1.54, 1.807) is 36.5 Å². The van der Waals surface area contributed by atoms with Crippen molar-refractivity contribution in [3.05, 3.63) is 11.8 Å². The lowest BCUT2D eigenvalue weighted by Crippen LogP contribution is -2.04. The molecule has 0 radical (unpaired) electrons. The monoisotopic (exact) mass is 288 g/mol. The van der Waals surface area contributed by atoms with E-state index in [0.717, 1.165) is 9.98 Å². The summed E-state index contributed by atoms with van der Waals surface area (Å²) in [5.74, 6) is 0.269. The number of thioether (sulfide) groups is 2. The summed E-state index contributed by atoms with van der Waals surface area (Å²) in [5.41, 5.74) is 0.424. The highest BCUT2D eigenvalue weighted by molar-refractivity contribution is 8.15. The van der Waals surface area contributed by atoms with Crippen LogP contribution in [0.3, 0.4) is 0 Å². The van der Waals surface area contributed by atoms with Crippen LogP contribution < -0.4 is 0 Å². The maximum Gasteiger partial charge on any atom is 0.354 e. The summed E-state index contributed by atoms with van der Waals surface area (Å²) in [4.78, 5) is 19.1. The topological polar surface area (TPSA) is 54.5 Å². The Morgan fingerprint density at radius 3 is 2.72 bits per heavy atom. The molecule has 0 aliphatic heterocycles. The maximum atomic E-state index is 11.5. The van der Waals surface area contributed by atoms with Crippen LogP contribution >= 0.6 is 23.5 Å². The van der Waals surface area contributed by atoms with E-state index >= 15 is 0 Å². The smallest absolute Gasteiger partial charge is 0.354 e. The molecule has 0 aromatic carbocycles.